The van der Waals surface area contributed by atoms with Gasteiger partial charge >= 0.3 is 18.0 Å². The van der Waals surface area contributed by atoms with E-state index >= 15 is 0 Å². The topological polar surface area (TPSA) is 157 Å². The summed E-state index contributed by atoms with van der Waals surface area (Å²) in [6, 6.07) is -0.799. The number of hydroxylamine groups is 2. The zero-order valence-corrected chi connectivity index (χ0v) is 19.2. The Morgan fingerprint density at radius 2 is 1.52 bits per heavy atom. The summed E-state index contributed by atoms with van der Waals surface area (Å²) in [5.41, 5.74) is 0. The highest BCUT2D eigenvalue weighted by Crippen LogP contribution is 2.14. The fourth-order valence-electron chi connectivity index (χ4n) is 3.10. The van der Waals surface area contributed by atoms with Crippen molar-refractivity contribution in [3.05, 3.63) is 0 Å². The van der Waals surface area contributed by atoms with E-state index in [0.29, 0.717) is 56.6 Å². The van der Waals surface area contributed by atoms with E-state index in [2.05, 4.69) is 20.1 Å². The van der Waals surface area contributed by atoms with Gasteiger partial charge in [-0.1, -0.05) is 12.8 Å². The van der Waals surface area contributed by atoms with Crippen molar-refractivity contribution in [3.63, 3.8) is 0 Å². The maximum Gasteiger partial charge on any atom is 0.407 e. The lowest BCUT2D eigenvalue weighted by Gasteiger charge is -2.15. The molecule has 0 bridgehead atoms. The predicted octanol–water partition coefficient (Wildman–Crippen LogP) is 1.12. The summed E-state index contributed by atoms with van der Waals surface area (Å²) in [5, 5.41) is 5.74. The second-order valence-corrected chi connectivity index (χ2v) is 7.52. The number of nitrogens with one attached hydrogen (secondary N) is 2. The third-order valence-electron chi connectivity index (χ3n) is 4.94. The second kappa shape index (κ2) is 15.6. The Bertz CT molecular complexity index is 695. The molecule has 12 nitrogen and oxygen atoms in total. The number of esters is 1. The van der Waals surface area contributed by atoms with Gasteiger partial charge in [0.2, 0.25) is 5.91 Å². The SMILES string of the molecule is COC(=O)NC(CCCCNC(=O)CCCCCCC(=O)ON1C(=O)CCC1=O)C(=O)OC. The summed E-state index contributed by atoms with van der Waals surface area (Å²) >= 11 is 0. The third kappa shape index (κ3) is 11.3. The van der Waals surface area contributed by atoms with Crippen molar-refractivity contribution in [1.29, 1.82) is 0 Å². The van der Waals surface area contributed by atoms with Gasteiger partial charge in [0.15, 0.2) is 0 Å². The van der Waals surface area contributed by atoms with E-state index < -0.39 is 35.9 Å². The van der Waals surface area contributed by atoms with Gasteiger partial charge in [0, 0.05) is 32.2 Å². The molecule has 4 amide bonds. The molecule has 2 N–H and O–H groups in total. The molecule has 186 valence electrons. The average molecular weight is 472 g/mol. The molecule has 0 aromatic rings. The quantitative estimate of drug-likeness (QED) is 0.203. The van der Waals surface area contributed by atoms with Crippen molar-refractivity contribution in [2.45, 2.75) is 76.7 Å². The summed E-state index contributed by atoms with van der Waals surface area (Å²) in [6.07, 6.45) is 4.12. The largest absolute Gasteiger partial charge is 0.467 e. The lowest BCUT2D eigenvalue weighted by Crippen LogP contribution is -2.41. The van der Waals surface area contributed by atoms with Gasteiger partial charge in [0.05, 0.1) is 14.2 Å². The minimum Gasteiger partial charge on any atom is -0.467 e. The molecule has 1 aliphatic heterocycles. The highest BCUT2D eigenvalue weighted by Gasteiger charge is 2.32. The lowest BCUT2D eigenvalue weighted by molar-refractivity contribution is -0.197. The van der Waals surface area contributed by atoms with Crippen molar-refractivity contribution in [3.8, 4) is 0 Å². The van der Waals surface area contributed by atoms with Crippen LogP contribution in [-0.2, 0) is 38.3 Å². The normalized spacial score (nSPS) is 13.9. The Morgan fingerprint density at radius 3 is 2.12 bits per heavy atom. The zero-order valence-electron chi connectivity index (χ0n) is 19.2. The minimum absolute atomic E-state index is 0.0643. The molecular formula is C21H33N3O9. The predicted molar refractivity (Wildman–Crippen MR) is 113 cm³/mol. The standard InChI is InChI=1S/C21H33N3O9/c1-31-20(29)15(23-21(30)32-2)9-7-8-14-22-16(25)10-5-3-4-6-11-19(28)33-24-17(26)12-13-18(24)27/h15H,3-14H2,1-2H3,(H,22,25)(H,23,30). The van der Waals surface area contributed by atoms with Crippen molar-refractivity contribution in [2.75, 3.05) is 20.8 Å². The van der Waals surface area contributed by atoms with Crippen LogP contribution < -0.4 is 10.6 Å². The number of carbonyl (C=O) groups excluding carboxylic acids is 6. The van der Waals surface area contributed by atoms with Crippen LogP contribution in [0.25, 0.3) is 0 Å². The first-order chi connectivity index (χ1) is 15.8. The van der Waals surface area contributed by atoms with E-state index in [4.69, 9.17) is 4.84 Å². The molecule has 0 radical (unpaired) electrons. The van der Waals surface area contributed by atoms with Gasteiger partial charge in [-0.2, -0.15) is 0 Å². The number of hydrogen-bond acceptors (Lipinski definition) is 9. The summed E-state index contributed by atoms with van der Waals surface area (Å²) in [7, 11) is 2.44. The first kappa shape index (κ1) is 27.9. The summed E-state index contributed by atoms with van der Waals surface area (Å²) in [4.78, 5) is 74.0. The van der Waals surface area contributed by atoms with Crippen LogP contribution in [0.15, 0.2) is 0 Å². The molecule has 1 saturated heterocycles. The number of hydrogen-bond donors (Lipinski definition) is 2. The molecule has 12 heteroatoms. The molecule has 0 spiro atoms. The van der Waals surface area contributed by atoms with Gasteiger partial charge in [-0.3, -0.25) is 14.4 Å². The first-order valence-electron chi connectivity index (χ1n) is 11.0. The maximum atomic E-state index is 11.9. The second-order valence-electron chi connectivity index (χ2n) is 7.52. The molecule has 0 saturated carbocycles. The van der Waals surface area contributed by atoms with Crippen LogP contribution in [0.5, 0.6) is 0 Å². The molecule has 1 heterocycles. The van der Waals surface area contributed by atoms with Crippen molar-refractivity contribution >= 4 is 35.8 Å². The van der Waals surface area contributed by atoms with Crippen LogP contribution in [0.3, 0.4) is 0 Å². The maximum absolute atomic E-state index is 11.9. The molecule has 1 aliphatic rings. The van der Waals surface area contributed by atoms with Crippen molar-refractivity contribution in [2.24, 2.45) is 0 Å². The third-order valence-corrected chi connectivity index (χ3v) is 4.94. The van der Waals surface area contributed by atoms with Gasteiger partial charge in [-0.25, -0.2) is 14.4 Å². The molecule has 0 aliphatic carbocycles. The van der Waals surface area contributed by atoms with E-state index in [-0.39, 0.29) is 25.2 Å². The van der Waals surface area contributed by atoms with Crippen LogP contribution >= 0.6 is 0 Å². The van der Waals surface area contributed by atoms with Crippen LogP contribution in [0.1, 0.15) is 70.6 Å². The number of methoxy groups -OCH3 is 2. The zero-order chi connectivity index (χ0) is 24.6. The molecule has 1 fully saturated rings. The van der Waals surface area contributed by atoms with Crippen molar-refractivity contribution in [1.82, 2.24) is 15.7 Å². The Hall–Kier alpha value is -3.18. The van der Waals surface area contributed by atoms with Crippen LogP contribution in [0, 0.1) is 0 Å². The molecule has 1 rings (SSSR count). The van der Waals surface area contributed by atoms with E-state index in [9.17, 15) is 28.8 Å². The number of carbonyl (C=O) groups is 6. The Labute approximate surface area is 192 Å². The smallest absolute Gasteiger partial charge is 0.407 e. The number of alkyl carbamates (subject to hydrolysis) is 1. The number of rotatable bonds is 15. The first-order valence-corrected chi connectivity index (χ1v) is 11.0. The van der Waals surface area contributed by atoms with Gasteiger partial charge in [0.1, 0.15) is 6.04 Å². The van der Waals surface area contributed by atoms with E-state index in [1.807, 2.05) is 0 Å². The number of unbranched alkanes of at least 4 members (excludes halogenated alkanes) is 4. The molecule has 0 aromatic heterocycles. The molecule has 33 heavy (non-hydrogen) atoms. The van der Waals surface area contributed by atoms with Crippen LogP contribution in [0.2, 0.25) is 0 Å². The molecule has 0 aromatic carbocycles. The molecule has 1 atom stereocenters. The van der Waals surface area contributed by atoms with Gasteiger partial charge in [-0.05, 0) is 32.1 Å². The fraction of sp³-hybridized carbons (Fsp3) is 0.714. The summed E-state index contributed by atoms with van der Waals surface area (Å²) < 4.78 is 9.12. The van der Waals surface area contributed by atoms with E-state index in [0.717, 1.165) is 6.42 Å². The highest BCUT2D eigenvalue weighted by atomic mass is 16.7. The Morgan fingerprint density at radius 1 is 0.879 bits per heavy atom. The number of amides is 4. The highest BCUT2D eigenvalue weighted by molar-refractivity contribution is 6.01. The number of nitrogens with zero attached hydrogens (tertiary/aromatic N) is 1. The van der Waals surface area contributed by atoms with Gasteiger partial charge in [-0.15, -0.1) is 5.06 Å². The van der Waals surface area contributed by atoms with Crippen molar-refractivity contribution < 1.29 is 43.1 Å². The lowest BCUT2D eigenvalue weighted by atomic mass is 10.1. The van der Waals surface area contributed by atoms with Gasteiger partial charge < -0.3 is 24.9 Å². The monoisotopic (exact) mass is 471 g/mol. The summed E-state index contributed by atoms with van der Waals surface area (Å²) in [5.74, 6) is -2.26. The molecule has 1 unspecified atom stereocenters. The average Bonchev–Trinajstić information content (AvgIpc) is 3.11. The fourth-order valence-corrected chi connectivity index (χ4v) is 3.10. The van der Waals surface area contributed by atoms with E-state index in [1.54, 1.807) is 0 Å². The summed E-state index contributed by atoms with van der Waals surface area (Å²) in [6.45, 7) is 0.449. The molecular weight excluding hydrogens is 438 g/mol. The Kier molecular flexibility index (Phi) is 13.2. The minimum atomic E-state index is -0.799. The number of imide groups is 1. The van der Waals surface area contributed by atoms with Gasteiger partial charge in [0.25, 0.3) is 11.8 Å². The van der Waals surface area contributed by atoms with Crippen LogP contribution in [-0.4, -0.2) is 67.6 Å². The van der Waals surface area contributed by atoms with E-state index in [1.165, 1.54) is 14.2 Å². The number of ether oxygens (including phenoxy) is 2. The van der Waals surface area contributed by atoms with Crippen LogP contribution in [0.4, 0.5) is 4.79 Å². The Balaban J connectivity index is 2.04.